The van der Waals surface area contributed by atoms with Crippen LogP contribution in [0.4, 0.5) is 0 Å². The molecule has 10 aromatic rings. The molecule has 0 aliphatic heterocycles. The number of hydrogen-bond acceptors (Lipinski definition) is 3. The molecule has 0 fully saturated rings. The number of fused-ring (bicyclic) bond motifs is 7. The molecule has 0 saturated carbocycles. The Morgan fingerprint density at radius 2 is 1.25 bits per heavy atom. The smallest absolute Gasteiger partial charge is 0.137 e. The van der Waals surface area contributed by atoms with Gasteiger partial charge in [0.2, 0.25) is 0 Å². The second kappa shape index (κ2) is 13.4. The zero-order valence-corrected chi connectivity index (χ0v) is 31.9. The molecule has 6 heteroatoms. The first kappa shape index (κ1) is 33.6. The molecule has 0 aliphatic carbocycles. The van der Waals surface area contributed by atoms with Crippen molar-refractivity contribution in [2.45, 2.75) is 39.5 Å². The number of aromatic nitrogens is 5. The van der Waals surface area contributed by atoms with Crippen molar-refractivity contribution in [1.82, 2.24) is 23.9 Å². The van der Waals surface area contributed by atoms with Crippen LogP contribution < -0.4 is 4.74 Å². The molecule has 0 aliphatic rings. The molecule has 0 unspecified atom stereocenters. The lowest BCUT2D eigenvalue weighted by Gasteiger charge is -2.18. The summed E-state index contributed by atoms with van der Waals surface area (Å²) in [6, 6.07) is 51.1. The topological polar surface area (TPSA) is 49.8 Å². The largest absolute Gasteiger partial charge is 0.457 e. The molecular formula is C50H41N5O. The summed E-state index contributed by atoms with van der Waals surface area (Å²) in [5, 5.41) is 9.52. The van der Waals surface area contributed by atoms with Crippen LogP contribution in [0.25, 0.3) is 71.9 Å². The van der Waals surface area contributed by atoms with E-state index in [1.165, 1.54) is 27.5 Å². The molecule has 0 atom stereocenters. The van der Waals surface area contributed by atoms with E-state index in [1.807, 2.05) is 41.3 Å². The van der Waals surface area contributed by atoms with Crippen molar-refractivity contribution < 1.29 is 4.74 Å². The SMILES string of the molecule is CC(C)c1cccc(C(C)C)c1-c1cnn(-c2cccc(Oc3ccc4c5ccc6c(c7ccccc7n6-c6ccccc6)c5n(-c5ccccn5)c4c3)c2)c1. The zero-order chi connectivity index (χ0) is 37.9. The van der Waals surface area contributed by atoms with Gasteiger partial charge >= 0.3 is 0 Å². The molecule has 4 heterocycles. The molecule has 272 valence electrons. The van der Waals surface area contributed by atoms with Crippen LogP contribution in [0.15, 0.2) is 164 Å². The first-order chi connectivity index (χ1) is 27.4. The minimum atomic E-state index is 0.401. The molecule has 0 saturated heterocycles. The van der Waals surface area contributed by atoms with E-state index in [1.54, 1.807) is 0 Å². The predicted molar refractivity (Wildman–Crippen MR) is 230 cm³/mol. The van der Waals surface area contributed by atoms with Gasteiger partial charge in [-0.1, -0.05) is 100 Å². The molecule has 0 N–H and O–H groups in total. The van der Waals surface area contributed by atoms with Gasteiger partial charge in [-0.3, -0.25) is 4.57 Å². The van der Waals surface area contributed by atoms with E-state index in [-0.39, 0.29) is 0 Å². The summed E-state index contributed by atoms with van der Waals surface area (Å²) in [4.78, 5) is 4.89. The van der Waals surface area contributed by atoms with Gasteiger partial charge in [0.25, 0.3) is 0 Å². The monoisotopic (exact) mass is 727 g/mol. The molecule has 6 aromatic carbocycles. The Morgan fingerprint density at radius 3 is 2.04 bits per heavy atom. The summed E-state index contributed by atoms with van der Waals surface area (Å²) in [6.45, 7) is 9.03. The minimum absolute atomic E-state index is 0.401. The Labute approximate surface area is 325 Å². The van der Waals surface area contributed by atoms with E-state index < -0.39 is 0 Å². The van der Waals surface area contributed by atoms with Crippen molar-refractivity contribution in [2.24, 2.45) is 0 Å². The second-order valence-electron chi connectivity index (χ2n) is 15.1. The summed E-state index contributed by atoms with van der Waals surface area (Å²) < 4.78 is 13.3. The second-order valence-corrected chi connectivity index (χ2v) is 15.1. The lowest BCUT2D eigenvalue weighted by atomic mass is 9.86. The fraction of sp³-hybridized carbons (Fsp3) is 0.120. The van der Waals surface area contributed by atoms with Gasteiger partial charge in [-0.2, -0.15) is 5.10 Å². The molecule has 0 bridgehead atoms. The van der Waals surface area contributed by atoms with Crippen LogP contribution in [0, 0.1) is 0 Å². The quantitative estimate of drug-likeness (QED) is 0.157. The van der Waals surface area contributed by atoms with Crippen LogP contribution in [0.5, 0.6) is 11.5 Å². The van der Waals surface area contributed by atoms with Crippen LogP contribution in [0.1, 0.15) is 50.7 Å². The van der Waals surface area contributed by atoms with E-state index in [2.05, 4.69) is 164 Å². The summed E-state index contributed by atoms with van der Waals surface area (Å²) in [5.41, 5.74) is 11.6. The van der Waals surface area contributed by atoms with Crippen molar-refractivity contribution in [3.05, 3.63) is 175 Å². The van der Waals surface area contributed by atoms with Gasteiger partial charge in [0.15, 0.2) is 0 Å². The van der Waals surface area contributed by atoms with Gasteiger partial charge in [-0.15, -0.1) is 0 Å². The van der Waals surface area contributed by atoms with Gasteiger partial charge in [0, 0.05) is 57.3 Å². The normalized spacial score (nSPS) is 11.9. The molecule has 10 rings (SSSR count). The lowest BCUT2D eigenvalue weighted by molar-refractivity contribution is 0.483. The van der Waals surface area contributed by atoms with Crippen LogP contribution in [0.2, 0.25) is 0 Å². The van der Waals surface area contributed by atoms with Crippen molar-refractivity contribution in [1.29, 1.82) is 0 Å². The molecule has 0 radical (unpaired) electrons. The van der Waals surface area contributed by atoms with E-state index in [0.29, 0.717) is 11.8 Å². The average Bonchev–Trinajstić information content (AvgIpc) is 3.94. The Bertz CT molecular complexity index is 3030. The molecule has 4 aromatic heterocycles. The summed E-state index contributed by atoms with van der Waals surface area (Å²) in [7, 11) is 0. The third-order valence-corrected chi connectivity index (χ3v) is 11.0. The van der Waals surface area contributed by atoms with E-state index in [9.17, 15) is 0 Å². The lowest BCUT2D eigenvalue weighted by Crippen LogP contribution is -1.99. The minimum Gasteiger partial charge on any atom is -0.457 e. The predicted octanol–water partition coefficient (Wildman–Crippen LogP) is 13.2. The maximum atomic E-state index is 6.67. The summed E-state index contributed by atoms with van der Waals surface area (Å²) in [6.07, 6.45) is 5.98. The highest BCUT2D eigenvalue weighted by Crippen LogP contribution is 2.43. The van der Waals surface area contributed by atoms with Crippen LogP contribution in [0.3, 0.4) is 0 Å². The molecule has 0 amide bonds. The summed E-state index contributed by atoms with van der Waals surface area (Å²) >= 11 is 0. The first-order valence-corrected chi connectivity index (χ1v) is 19.4. The number of benzene rings is 6. The maximum absolute atomic E-state index is 6.67. The van der Waals surface area contributed by atoms with Gasteiger partial charge < -0.3 is 9.30 Å². The highest BCUT2D eigenvalue weighted by atomic mass is 16.5. The van der Waals surface area contributed by atoms with Crippen molar-refractivity contribution in [2.75, 3.05) is 0 Å². The third kappa shape index (κ3) is 5.48. The number of pyridine rings is 1. The third-order valence-electron chi connectivity index (χ3n) is 11.0. The molecule has 6 nitrogen and oxygen atoms in total. The number of nitrogens with zero attached hydrogens (tertiary/aromatic N) is 5. The highest BCUT2D eigenvalue weighted by molar-refractivity contribution is 6.26. The Morgan fingerprint density at radius 1 is 0.536 bits per heavy atom. The fourth-order valence-corrected chi connectivity index (χ4v) is 8.48. The van der Waals surface area contributed by atoms with Gasteiger partial charge in [0.05, 0.1) is 34.0 Å². The molecule has 0 spiro atoms. The highest BCUT2D eigenvalue weighted by Gasteiger charge is 2.22. The van der Waals surface area contributed by atoms with Crippen LogP contribution in [-0.4, -0.2) is 23.9 Å². The van der Waals surface area contributed by atoms with Crippen LogP contribution >= 0.6 is 0 Å². The number of hydrogen-bond donors (Lipinski definition) is 0. The van der Waals surface area contributed by atoms with Crippen molar-refractivity contribution >= 4 is 43.6 Å². The van der Waals surface area contributed by atoms with Gasteiger partial charge in [0.1, 0.15) is 17.3 Å². The standard InChI is InChI=1S/C50H41N5O/c1-32(2)39-19-13-20-40(33(3)4)48(39)34-30-52-53(31-34)36-16-12-17-37(28-36)56-38-23-24-41-42-25-26-45-49(50(42)55(46(41)29-38)47-22-10-11-27-51-47)43-18-8-9-21-44(43)54(45)35-14-6-5-7-15-35/h5-33H,1-4H3. The Kier molecular flexibility index (Phi) is 8.07. The van der Waals surface area contributed by atoms with Crippen LogP contribution in [-0.2, 0) is 0 Å². The Hall–Kier alpha value is -6.92. The van der Waals surface area contributed by atoms with Gasteiger partial charge in [-0.25, -0.2) is 9.67 Å². The number of rotatable bonds is 8. The average molecular weight is 728 g/mol. The summed E-state index contributed by atoms with van der Waals surface area (Å²) in [5.74, 6) is 3.13. The van der Waals surface area contributed by atoms with Gasteiger partial charge in [-0.05, 0) is 89.2 Å². The zero-order valence-electron chi connectivity index (χ0n) is 31.9. The number of ether oxygens (including phenoxy) is 1. The van der Waals surface area contributed by atoms with E-state index in [0.717, 1.165) is 67.1 Å². The maximum Gasteiger partial charge on any atom is 0.137 e. The van der Waals surface area contributed by atoms with Crippen molar-refractivity contribution in [3.63, 3.8) is 0 Å². The fourth-order valence-electron chi connectivity index (χ4n) is 8.48. The first-order valence-electron chi connectivity index (χ1n) is 19.4. The van der Waals surface area contributed by atoms with Crippen molar-refractivity contribution in [3.8, 4) is 39.8 Å². The van der Waals surface area contributed by atoms with E-state index in [4.69, 9.17) is 14.8 Å². The number of para-hydroxylation sites is 2. The Balaban J connectivity index is 1.09. The molecule has 56 heavy (non-hydrogen) atoms. The molecular weight excluding hydrogens is 687 g/mol. The van der Waals surface area contributed by atoms with E-state index >= 15 is 0 Å².